The van der Waals surface area contributed by atoms with Gasteiger partial charge < -0.3 is 15.3 Å². The van der Waals surface area contributed by atoms with E-state index in [4.69, 9.17) is 23.2 Å². The van der Waals surface area contributed by atoms with Gasteiger partial charge in [0.1, 0.15) is 5.15 Å². The SMILES string of the molecule is Cc1nn(-c2ccccc2Cl)c(Cl)c1CNCC(O)CN1CCCC1. The summed E-state index contributed by atoms with van der Waals surface area (Å²) in [6, 6.07) is 7.48. The van der Waals surface area contributed by atoms with Gasteiger partial charge in [-0.25, -0.2) is 4.68 Å². The molecule has 0 bridgehead atoms. The maximum atomic E-state index is 10.2. The van der Waals surface area contributed by atoms with Crippen molar-refractivity contribution in [3.63, 3.8) is 0 Å². The van der Waals surface area contributed by atoms with Crippen LogP contribution in [0.4, 0.5) is 0 Å². The number of para-hydroxylation sites is 1. The number of nitrogens with zero attached hydrogens (tertiary/aromatic N) is 3. The number of hydrogen-bond donors (Lipinski definition) is 2. The van der Waals surface area contributed by atoms with Crippen LogP contribution in [0, 0.1) is 6.92 Å². The second-order valence-electron chi connectivity index (χ2n) is 6.51. The van der Waals surface area contributed by atoms with Crippen LogP contribution in [0.2, 0.25) is 10.2 Å². The fraction of sp³-hybridized carbons (Fsp3) is 0.500. The second kappa shape index (κ2) is 8.52. The topological polar surface area (TPSA) is 53.3 Å². The maximum absolute atomic E-state index is 10.2. The summed E-state index contributed by atoms with van der Waals surface area (Å²) >= 11 is 12.8. The van der Waals surface area contributed by atoms with Crippen molar-refractivity contribution in [1.29, 1.82) is 0 Å². The summed E-state index contributed by atoms with van der Waals surface area (Å²) in [5.74, 6) is 0. The first-order chi connectivity index (χ1) is 12.1. The molecular formula is C18H24Cl2N4O. The van der Waals surface area contributed by atoms with E-state index in [1.807, 2.05) is 31.2 Å². The van der Waals surface area contributed by atoms with Gasteiger partial charge in [-0.15, -0.1) is 0 Å². The molecule has 1 aromatic carbocycles. The van der Waals surface area contributed by atoms with Crippen molar-refractivity contribution >= 4 is 23.2 Å². The van der Waals surface area contributed by atoms with Gasteiger partial charge in [-0.1, -0.05) is 35.3 Å². The van der Waals surface area contributed by atoms with Gasteiger partial charge in [-0.2, -0.15) is 5.10 Å². The summed E-state index contributed by atoms with van der Waals surface area (Å²) < 4.78 is 1.66. The van der Waals surface area contributed by atoms with Gasteiger partial charge in [-0.05, 0) is 45.0 Å². The molecule has 136 valence electrons. The monoisotopic (exact) mass is 382 g/mol. The highest BCUT2D eigenvalue weighted by atomic mass is 35.5. The van der Waals surface area contributed by atoms with Crippen molar-refractivity contribution < 1.29 is 5.11 Å². The Kier molecular flexibility index (Phi) is 6.36. The number of halogens is 2. The van der Waals surface area contributed by atoms with Crippen LogP contribution in [0.5, 0.6) is 0 Å². The van der Waals surface area contributed by atoms with E-state index in [1.165, 1.54) is 12.8 Å². The number of benzene rings is 1. The lowest BCUT2D eigenvalue weighted by Gasteiger charge is -2.19. The zero-order valence-electron chi connectivity index (χ0n) is 14.4. The Morgan fingerprint density at radius 3 is 2.68 bits per heavy atom. The van der Waals surface area contributed by atoms with Crippen LogP contribution in [-0.2, 0) is 6.54 Å². The van der Waals surface area contributed by atoms with Crippen molar-refractivity contribution in [2.75, 3.05) is 26.2 Å². The summed E-state index contributed by atoms with van der Waals surface area (Å²) in [7, 11) is 0. The van der Waals surface area contributed by atoms with E-state index in [-0.39, 0.29) is 6.10 Å². The molecule has 1 atom stereocenters. The first-order valence-corrected chi connectivity index (χ1v) is 9.42. The number of aryl methyl sites for hydroxylation is 1. The predicted molar refractivity (Wildman–Crippen MR) is 102 cm³/mol. The van der Waals surface area contributed by atoms with E-state index in [9.17, 15) is 5.11 Å². The zero-order chi connectivity index (χ0) is 17.8. The van der Waals surface area contributed by atoms with Crippen molar-refractivity contribution in [1.82, 2.24) is 20.0 Å². The van der Waals surface area contributed by atoms with Gasteiger partial charge in [0.2, 0.25) is 0 Å². The Morgan fingerprint density at radius 2 is 1.96 bits per heavy atom. The minimum atomic E-state index is -0.379. The smallest absolute Gasteiger partial charge is 0.137 e. The summed E-state index contributed by atoms with van der Waals surface area (Å²) in [6.07, 6.45) is 2.09. The van der Waals surface area contributed by atoms with Crippen LogP contribution in [0.3, 0.4) is 0 Å². The van der Waals surface area contributed by atoms with Crippen molar-refractivity contribution in [2.45, 2.75) is 32.4 Å². The zero-order valence-corrected chi connectivity index (χ0v) is 15.9. The third-order valence-corrected chi connectivity index (χ3v) is 5.26. The normalized spacial score (nSPS) is 16.5. The molecule has 3 rings (SSSR count). The number of β-amino-alcohol motifs (C(OH)–C–C–N with tert-alkyl or cyclic N) is 1. The average Bonchev–Trinajstić information content (AvgIpc) is 3.18. The molecule has 0 amide bonds. The summed E-state index contributed by atoms with van der Waals surface area (Å²) in [5, 5.41) is 19.1. The molecular weight excluding hydrogens is 359 g/mol. The first-order valence-electron chi connectivity index (χ1n) is 8.66. The lowest BCUT2D eigenvalue weighted by Crippen LogP contribution is -2.36. The molecule has 1 fully saturated rings. The van der Waals surface area contributed by atoms with Gasteiger partial charge in [0.05, 0.1) is 22.5 Å². The van der Waals surface area contributed by atoms with E-state index < -0.39 is 0 Å². The quantitative estimate of drug-likeness (QED) is 0.772. The highest BCUT2D eigenvalue weighted by Gasteiger charge is 2.18. The fourth-order valence-electron chi connectivity index (χ4n) is 3.21. The second-order valence-corrected chi connectivity index (χ2v) is 7.28. The minimum absolute atomic E-state index is 0.379. The number of rotatable bonds is 7. The molecule has 1 saturated heterocycles. The standard InChI is InChI=1S/C18H24Cl2N4O/c1-13-15(11-21-10-14(25)12-23-8-4-5-9-23)18(20)24(22-13)17-7-3-2-6-16(17)19/h2-3,6-7,14,21,25H,4-5,8-12H2,1H3. The van der Waals surface area contributed by atoms with Crippen LogP contribution in [-0.4, -0.2) is 52.1 Å². The number of aromatic nitrogens is 2. The molecule has 1 aliphatic heterocycles. The van der Waals surface area contributed by atoms with E-state index in [0.29, 0.717) is 23.3 Å². The molecule has 2 N–H and O–H groups in total. The van der Waals surface area contributed by atoms with Crippen molar-refractivity contribution in [3.05, 3.63) is 45.7 Å². The fourth-order valence-corrected chi connectivity index (χ4v) is 3.76. The van der Waals surface area contributed by atoms with Crippen molar-refractivity contribution in [3.8, 4) is 5.69 Å². The molecule has 25 heavy (non-hydrogen) atoms. The Labute approximate surface area is 158 Å². The van der Waals surface area contributed by atoms with Crippen molar-refractivity contribution in [2.24, 2.45) is 0 Å². The molecule has 1 unspecified atom stereocenters. The molecule has 7 heteroatoms. The predicted octanol–water partition coefficient (Wildman–Crippen LogP) is 3.03. The maximum Gasteiger partial charge on any atom is 0.137 e. The first kappa shape index (κ1) is 18.7. The molecule has 2 aromatic rings. The van der Waals surface area contributed by atoms with Crippen LogP contribution in [0.1, 0.15) is 24.1 Å². The lowest BCUT2D eigenvalue weighted by molar-refractivity contribution is 0.123. The Hall–Kier alpha value is -1.11. The Balaban J connectivity index is 1.60. The molecule has 1 aliphatic rings. The number of aliphatic hydroxyl groups excluding tert-OH is 1. The molecule has 5 nitrogen and oxygen atoms in total. The third kappa shape index (κ3) is 4.54. The van der Waals surface area contributed by atoms with E-state index in [1.54, 1.807) is 4.68 Å². The van der Waals surface area contributed by atoms with Crippen LogP contribution >= 0.6 is 23.2 Å². The van der Waals surface area contributed by atoms with E-state index in [0.717, 1.165) is 36.6 Å². The largest absolute Gasteiger partial charge is 0.390 e. The van der Waals surface area contributed by atoms with Gasteiger partial charge in [0.25, 0.3) is 0 Å². The lowest BCUT2D eigenvalue weighted by atomic mass is 10.2. The molecule has 0 saturated carbocycles. The molecule has 0 radical (unpaired) electrons. The van der Waals surface area contributed by atoms with Gasteiger partial charge in [-0.3, -0.25) is 0 Å². The van der Waals surface area contributed by atoms with E-state index in [2.05, 4.69) is 15.3 Å². The summed E-state index contributed by atoms with van der Waals surface area (Å²) in [5.41, 5.74) is 2.54. The number of hydrogen-bond acceptors (Lipinski definition) is 4. The molecule has 0 aliphatic carbocycles. The molecule has 0 spiro atoms. The van der Waals surface area contributed by atoms with Crippen LogP contribution in [0.15, 0.2) is 24.3 Å². The Morgan fingerprint density at radius 1 is 1.24 bits per heavy atom. The third-order valence-electron chi connectivity index (χ3n) is 4.55. The highest BCUT2D eigenvalue weighted by Crippen LogP contribution is 2.27. The van der Waals surface area contributed by atoms with E-state index >= 15 is 0 Å². The van der Waals surface area contributed by atoms with Gasteiger partial charge in [0.15, 0.2) is 0 Å². The molecule has 1 aromatic heterocycles. The number of aliphatic hydroxyl groups is 1. The number of nitrogens with one attached hydrogen (secondary N) is 1. The van der Waals surface area contributed by atoms with Gasteiger partial charge >= 0.3 is 0 Å². The average molecular weight is 383 g/mol. The Bertz CT molecular complexity index is 713. The summed E-state index contributed by atoms with van der Waals surface area (Å²) in [6.45, 7) is 5.92. The van der Waals surface area contributed by atoms with Crippen LogP contribution in [0.25, 0.3) is 5.69 Å². The summed E-state index contributed by atoms with van der Waals surface area (Å²) in [4.78, 5) is 2.31. The van der Waals surface area contributed by atoms with Gasteiger partial charge in [0, 0.05) is 25.2 Å². The highest BCUT2D eigenvalue weighted by molar-refractivity contribution is 6.33. The number of likely N-dealkylation sites (tertiary alicyclic amines) is 1. The van der Waals surface area contributed by atoms with Crippen LogP contribution < -0.4 is 5.32 Å². The molecule has 2 heterocycles. The minimum Gasteiger partial charge on any atom is -0.390 e.